The van der Waals surface area contributed by atoms with Crippen LogP contribution in [0.3, 0.4) is 0 Å². The van der Waals surface area contributed by atoms with Crippen molar-refractivity contribution in [2.24, 2.45) is 0 Å². The molecule has 3 aromatic rings. The lowest BCUT2D eigenvalue weighted by Crippen LogP contribution is -2.32. The standard InChI is InChI=1S/C23H23N3/c1-18-6-8-19(9-7-18)17-26-13-10-20(21-4-2-11-24-15-21)14-23(26)22-5-3-12-25-16-22/h2-12,15-16,23H,13-14,17H2,1H3. The van der Waals surface area contributed by atoms with Gasteiger partial charge < -0.3 is 0 Å². The molecule has 0 N–H and O–H groups in total. The fourth-order valence-corrected chi connectivity index (χ4v) is 3.57. The van der Waals surface area contributed by atoms with Gasteiger partial charge in [-0.1, -0.05) is 48.0 Å². The largest absolute Gasteiger partial charge is 0.288 e. The predicted octanol–water partition coefficient (Wildman–Crippen LogP) is 4.82. The Morgan fingerprint density at radius 3 is 2.42 bits per heavy atom. The number of aryl methyl sites for hydroxylation is 1. The number of nitrogens with zero attached hydrogens (tertiary/aromatic N) is 3. The molecule has 3 nitrogen and oxygen atoms in total. The first-order valence-electron chi connectivity index (χ1n) is 9.08. The zero-order chi connectivity index (χ0) is 17.8. The van der Waals surface area contributed by atoms with Gasteiger partial charge in [-0.05, 0) is 47.7 Å². The van der Waals surface area contributed by atoms with Crippen molar-refractivity contribution in [2.75, 3.05) is 6.54 Å². The lowest BCUT2D eigenvalue weighted by molar-refractivity contribution is 0.204. The lowest BCUT2D eigenvalue weighted by atomic mass is 9.91. The lowest BCUT2D eigenvalue weighted by Gasteiger charge is -2.35. The molecule has 3 heteroatoms. The average molecular weight is 341 g/mol. The summed E-state index contributed by atoms with van der Waals surface area (Å²) in [5.74, 6) is 0. The van der Waals surface area contributed by atoms with Crippen molar-refractivity contribution < 1.29 is 0 Å². The average Bonchev–Trinajstić information content (AvgIpc) is 2.71. The molecule has 0 fully saturated rings. The molecular formula is C23H23N3. The maximum atomic E-state index is 4.35. The van der Waals surface area contributed by atoms with Gasteiger partial charge in [-0.2, -0.15) is 0 Å². The monoisotopic (exact) mass is 341 g/mol. The minimum atomic E-state index is 0.324. The summed E-state index contributed by atoms with van der Waals surface area (Å²) in [5, 5.41) is 0. The summed E-state index contributed by atoms with van der Waals surface area (Å²) in [6.45, 7) is 4.00. The van der Waals surface area contributed by atoms with Crippen molar-refractivity contribution in [2.45, 2.75) is 25.9 Å². The van der Waals surface area contributed by atoms with E-state index in [0.717, 1.165) is 19.5 Å². The Bertz CT molecular complexity index is 870. The molecule has 1 aliphatic rings. The van der Waals surface area contributed by atoms with Crippen LogP contribution in [0, 0.1) is 6.92 Å². The Morgan fingerprint density at radius 1 is 0.962 bits per heavy atom. The van der Waals surface area contributed by atoms with Gasteiger partial charge in [-0.25, -0.2) is 0 Å². The molecule has 26 heavy (non-hydrogen) atoms. The number of benzene rings is 1. The van der Waals surface area contributed by atoms with E-state index in [1.165, 1.54) is 27.8 Å². The molecule has 0 bridgehead atoms. The van der Waals surface area contributed by atoms with Gasteiger partial charge in [0, 0.05) is 43.9 Å². The Kier molecular flexibility index (Phi) is 4.89. The molecule has 130 valence electrons. The number of hydrogen-bond acceptors (Lipinski definition) is 3. The molecule has 4 rings (SSSR count). The summed E-state index contributed by atoms with van der Waals surface area (Å²) in [5.41, 5.74) is 6.51. The van der Waals surface area contributed by atoms with E-state index in [2.05, 4.69) is 64.3 Å². The molecular weight excluding hydrogens is 318 g/mol. The van der Waals surface area contributed by atoms with Crippen LogP contribution in [0.4, 0.5) is 0 Å². The third-order valence-corrected chi connectivity index (χ3v) is 5.03. The van der Waals surface area contributed by atoms with Crippen molar-refractivity contribution in [1.82, 2.24) is 14.9 Å². The first-order valence-corrected chi connectivity index (χ1v) is 9.08. The van der Waals surface area contributed by atoms with Crippen molar-refractivity contribution >= 4 is 5.57 Å². The topological polar surface area (TPSA) is 29.0 Å². The highest BCUT2D eigenvalue weighted by Gasteiger charge is 2.25. The second-order valence-electron chi connectivity index (χ2n) is 6.89. The summed E-state index contributed by atoms with van der Waals surface area (Å²) >= 11 is 0. The summed E-state index contributed by atoms with van der Waals surface area (Å²) in [4.78, 5) is 11.2. The zero-order valence-electron chi connectivity index (χ0n) is 15.0. The molecule has 1 unspecified atom stereocenters. The van der Waals surface area contributed by atoms with Crippen molar-refractivity contribution in [3.63, 3.8) is 0 Å². The van der Waals surface area contributed by atoms with E-state index in [0.29, 0.717) is 6.04 Å². The fraction of sp³-hybridized carbons (Fsp3) is 0.217. The van der Waals surface area contributed by atoms with E-state index < -0.39 is 0 Å². The highest BCUT2D eigenvalue weighted by molar-refractivity contribution is 5.66. The zero-order valence-corrected chi connectivity index (χ0v) is 15.0. The molecule has 0 radical (unpaired) electrons. The van der Waals surface area contributed by atoms with Crippen LogP contribution in [0.25, 0.3) is 5.57 Å². The Balaban J connectivity index is 1.63. The Morgan fingerprint density at radius 2 is 1.73 bits per heavy atom. The van der Waals surface area contributed by atoms with Gasteiger partial charge in [0.2, 0.25) is 0 Å². The summed E-state index contributed by atoms with van der Waals surface area (Å²) in [6.07, 6.45) is 11.0. The molecule has 1 aliphatic heterocycles. The number of aromatic nitrogens is 2. The molecule has 0 saturated carbocycles. The fourth-order valence-electron chi connectivity index (χ4n) is 3.57. The molecule has 0 aliphatic carbocycles. The van der Waals surface area contributed by atoms with Gasteiger partial charge in [0.15, 0.2) is 0 Å². The van der Waals surface area contributed by atoms with Gasteiger partial charge >= 0.3 is 0 Å². The summed E-state index contributed by atoms with van der Waals surface area (Å²) in [6, 6.07) is 17.5. The second kappa shape index (κ2) is 7.63. The molecule has 2 aromatic heterocycles. The quantitative estimate of drug-likeness (QED) is 0.681. The van der Waals surface area contributed by atoms with E-state index >= 15 is 0 Å². The van der Waals surface area contributed by atoms with Crippen LogP contribution in [0.15, 0.2) is 79.4 Å². The molecule has 1 aromatic carbocycles. The van der Waals surface area contributed by atoms with Gasteiger partial charge in [-0.3, -0.25) is 14.9 Å². The van der Waals surface area contributed by atoms with Crippen molar-refractivity contribution in [3.05, 3.63) is 102 Å². The number of pyridine rings is 2. The Hall–Kier alpha value is -2.78. The van der Waals surface area contributed by atoms with Gasteiger partial charge in [-0.15, -0.1) is 0 Å². The molecule has 3 heterocycles. The van der Waals surface area contributed by atoms with E-state index in [-0.39, 0.29) is 0 Å². The first-order chi connectivity index (χ1) is 12.8. The predicted molar refractivity (Wildman–Crippen MR) is 105 cm³/mol. The smallest absolute Gasteiger partial charge is 0.0410 e. The van der Waals surface area contributed by atoms with E-state index in [1.807, 2.05) is 36.9 Å². The van der Waals surface area contributed by atoms with Crippen molar-refractivity contribution in [1.29, 1.82) is 0 Å². The molecule has 0 spiro atoms. The summed E-state index contributed by atoms with van der Waals surface area (Å²) < 4.78 is 0. The van der Waals surface area contributed by atoms with Crippen LogP contribution in [-0.2, 0) is 6.54 Å². The minimum Gasteiger partial charge on any atom is -0.288 e. The molecule has 1 atom stereocenters. The Labute approximate surface area is 155 Å². The normalized spacial score (nSPS) is 17.7. The summed E-state index contributed by atoms with van der Waals surface area (Å²) in [7, 11) is 0. The number of hydrogen-bond donors (Lipinski definition) is 0. The highest BCUT2D eigenvalue weighted by atomic mass is 15.2. The van der Waals surface area contributed by atoms with Gasteiger partial charge in [0.05, 0.1) is 0 Å². The van der Waals surface area contributed by atoms with E-state index in [4.69, 9.17) is 0 Å². The van der Waals surface area contributed by atoms with Gasteiger partial charge in [0.25, 0.3) is 0 Å². The SMILES string of the molecule is Cc1ccc(CN2CC=C(c3cccnc3)CC2c2cccnc2)cc1. The molecule has 0 saturated heterocycles. The van der Waals surface area contributed by atoms with Crippen LogP contribution < -0.4 is 0 Å². The van der Waals surface area contributed by atoms with Crippen LogP contribution in [0.1, 0.15) is 34.7 Å². The van der Waals surface area contributed by atoms with E-state index in [9.17, 15) is 0 Å². The number of rotatable bonds is 4. The third-order valence-electron chi connectivity index (χ3n) is 5.03. The minimum absolute atomic E-state index is 0.324. The van der Waals surface area contributed by atoms with Crippen LogP contribution in [0.2, 0.25) is 0 Å². The maximum Gasteiger partial charge on any atom is 0.0410 e. The first kappa shape index (κ1) is 16.7. The van der Waals surface area contributed by atoms with Crippen molar-refractivity contribution in [3.8, 4) is 0 Å². The van der Waals surface area contributed by atoms with E-state index in [1.54, 1.807) is 0 Å². The van der Waals surface area contributed by atoms with Gasteiger partial charge in [0.1, 0.15) is 0 Å². The van der Waals surface area contributed by atoms with Crippen LogP contribution in [-0.4, -0.2) is 21.4 Å². The third kappa shape index (κ3) is 3.73. The van der Waals surface area contributed by atoms with Crippen LogP contribution >= 0.6 is 0 Å². The highest BCUT2D eigenvalue weighted by Crippen LogP contribution is 2.36. The van der Waals surface area contributed by atoms with Crippen LogP contribution in [0.5, 0.6) is 0 Å². The second-order valence-corrected chi connectivity index (χ2v) is 6.89. The maximum absolute atomic E-state index is 4.35. The molecule has 0 amide bonds.